The molecule has 0 unspecified atom stereocenters. The first-order chi connectivity index (χ1) is 13.2. The predicted molar refractivity (Wildman–Crippen MR) is 99.0 cm³/mol. The van der Waals surface area contributed by atoms with E-state index in [1.54, 1.807) is 10.9 Å². The Kier molecular flexibility index (Phi) is 6.93. The minimum Gasteiger partial charge on any atom is -0.495 e. The number of ether oxygens (including phenoxy) is 2. The summed E-state index contributed by atoms with van der Waals surface area (Å²) in [6.07, 6.45) is -1.38. The molecule has 6 nitrogen and oxygen atoms in total. The molecule has 1 aromatic carbocycles. The zero-order valence-electron chi connectivity index (χ0n) is 16.3. The Hall–Kier alpha value is -2.71. The number of nitrogens with one attached hydrogen (secondary N) is 1. The molecule has 9 heteroatoms. The van der Waals surface area contributed by atoms with Crippen LogP contribution in [0.3, 0.4) is 0 Å². The van der Waals surface area contributed by atoms with Gasteiger partial charge in [-0.3, -0.25) is 9.48 Å². The molecule has 0 spiro atoms. The third-order valence-electron chi connectivity index (χ3n) is 3.97. The summed E-state index contributed by atoms with van der Waals surface area (Å²) in [5, 5.41) is 6.87. The Morgan fingerprint density at radius 3 is 2.54 bits per heavy atom. The highest BCUT2D eigenvalue weighted by molar-refractivity contribution is 6.06. The lowest BCUT2D eigenvalue weighted by atomic mass is 10.1. The van der Waals surface area contributed by atoms with Crippen molar-refractivity contribution in [1.29, 1.82) is 0 Å². The topological polar surface area (TPSA) is 65.4 Å². The van der Waals surface area contributed by atoms with Crippen LogP contribution in [0.15, 0.2) is 18.3 Å². The van der Waals surface area contributed by atoms with Gasteiger partial charge < -0.3 is 14.8 Å². The molecule has 1 N–H and O–H groups in total. The van der Waals surface area contributed by atoms with E-state index in [1.807, 2.05) is 13.8 Å². The van der Waals surface area contributed by atoms with Gasteiger partial charge in [-0.1, -0.05) is 13.8 Å². The van der Waals surface area contributed by atoms with Crippen molar-refractivity contribution in [1.82, 2.24) is 9.78 Å². The highest BCUT2D eigenvalue weighted by atomic mass is 19.4. The number of hydrogen-bond acceptors (Lipinski definition) is 4. The number of carbonyl (C=O) groups is 1. The predicted octanol–water partition coefficient (Wildman–Crippen LogP) is 4.67. The lowest BCUT2D eigenvalue weighted by Crippen LogP contribution is -2.15. The van der Waals surface area contributed by atoms with Gasteiger partial charge in [0.25, 0.3) is 5.91 Å². The molecule has 154 valence electrons. The minimum absolute atomic E-state index is 0.0206. The molecule has 1 heterocycles. The van der Waals surface area contributed by atoms with Crippen LogP contribution >= 0.6 is 0 Å². The largest absolute Gasteiger partial charge is 0.495 e. The highest BCUT2D eigenvalue weighted by Gasteiger charge is 2.33. The Bertz CT molecular complexity index is 832. The molecule has 2 aromatic rings. The van der Waals surface area contributed by atoms with E-state index in [0.717, 1.165) is 18.9 Å². The summed E-state index contributed by atoms with van der Waals surface area (Å²) >= 11 is 0. The number of alkyl halides is 3. The fourth-order valence-electron chi connectivity index (χ4n) is 2.66. The quantitative estimate of drug-likeness (QED) is 0.701. The second-order valence-corrected chi connectivity index (χ2v) is 6.28. The van der Waals surface area contributed by atoms with Crippen molar-refractivity contribution in [2.45, 2.75) is 46.3 Å². The fourth-order valence-corrected chi connectivity index (χ4v) is 2.66. The number of benzene rings is 1. The third-order valence-corrected chi connectivity index (χ3v) is 3.97. The van der Waals surface area contributed by atoms with Crippen molar-refractivity contribution in [3.63, 3.8) is 0 Å². The van der Waals surface area contributed by atoms with E-state index in [0.29, 0.717) is 13.2 Å². The van der Waals surface area contributed by atoms with Crippen molar-refractivity contribution < 1.29 is 27.4 Å². The number of carbonyl (C=O) groups excluding carboxylic acids is 1. The van der Waals surface area contributed by atoms with E-state index in [-0.39, 0.29) is 28.4 Å². The maximum absolute atomic E-state index is 13.1. The number of methoxy groups -OCH3 is 1. The van der Waals surface area contributed by atoms with E-state index in [4.69, 9.17) is 9.47 Å². The first kappa shape index (κ1) is 21.6. The number of halogens is 3. The maximum Gasteiger partial charge on any atom is 0.416 e. The van der Waals surface area contributed by atoms with Crippen molar-refractivity contribution in [3.8, 4) is 11.6 Å². The Morgan fingerprint density at radius 2 is 1.96 bits per heavy atom. The monoisotopic (exact) mass is 399 g/mol. The van der Waals surface area contributed by atoms with Gasteiger partial charge >= 0.3 is 6.18 Å². The van der Waals surface area contributed by atoms with Crippen molar-refractivity contribution in [2.24, 2.45) is 0 Å². The molecule has 0 aliphatic heterocycles. The van der Waals surface area contributed by atoms with Gasteiger partial charge in [0.05, 0.1) is 25.0 Å². The fraction of sp³-hybridized carbons (Fsp3) is 0.474. The van der Waals surface area contributed by atoms with E-state index >= 15 is 0 Å². The molecule has 0 aliphatic rings. The van der Waals surface area contributed by atoms with Crippen LogP contribution in [0.2, 0.25) is 0 Å². The van der Waals surface area contributed by atoms with Gasteiger partial charge in [-0.25, -0.2) is 0 Å². The van der Waals surface area contributed by atoms with Gasteiger partial charge in [0.15, 0.2) is 0 Å². The number of rotatable bonds is 8. The van der Waals surface area contributed by atoms with E-state index < -0.39 is 17.6 Å². The summed E-state index contributed by atoms with van der Waals surface area (Å²) in [5.41, 5.74) is -0.484. The number of aryl methyl sites for hydroxylation is 2. The molecular weight excluding hydrogens is 375 g/mol. The molecule has 0 fully saturated rings. The zero-order chi connectivity index (χ0) is 20.9. The van der Waals surface area contributed by atoms with E-state index in [2.05, 4.69) is 10.4 Å². The lowest BCUT2D eigenvalue weighted by molar-refractivity contribution is -0.138. The highest BCUT2D eigenvalue weighted by Crippen LogP contribution is 2.38. The average Bonchev–Trinajstić information content (AvgIpc) is 3.02. The first-order valence-corrected chi connectivity index (χ1v) is 8.98. The molecule has 0 saturated carbocycles. The molecular formula is C19H24F3N3O3. The van der Waals surface area contributed by atoms with E-state index in [1.165, 1.54) is 20.1 Å². The van der Waals surface area contributed by atoms with Crippen LogP contribution < -0.4 is 14.8 Å². The third kappa shape index (κ3) is 4.96. The average molecular weight is 399 g/mol. The Balaban J connectivity index is 2.35. The van der Waals surface area contributed by atoms with E-state index in [9.17, 15) is 18.0 Å². The summed E-state index contributed by atoms with van der Waals surface area (Å²) in [6.45, 7) is 6.24. The first-order valence-electron chi connectivity index (χ1n) is 8.98. The van der Waals surface area contributed by atoms with Gasteiger partial charge in [-0.05, 0) is 37.5 Å². The van der Waals surface area contributed by atoms with Crippen LogP contribution in [-0.2, 0) is 12.7 Å². The summed E-state index contributed by atoms with van der Waals surface area (Å²) in [5.74, 6) is -0.426. The second kappa shape index (κ2) is 8.99. The number of aromatic nitrogens is 2. The van der Waals surface area contributed by atoms with Crippen LogP contribution in [0.5, 0.6) is 11.6 Å². The van der Waals surface area contributed by atoms with Gasteiger partial charge in [0, 0.05) is 12.7 Å². The number of anilines is 1. The van der Waals surface area contributed by atoms with Crippen LogP contribution in [0, 0.1) is 6.92 Å². The molecule has 0 saturated heterocycles. The van der Waals surface area contributed by atoms with Crippen molar-refractivity contribution in [2.75, 3.05) is 19.0 Å². The van der Waals surface area contributed by atoms with Crippen LogP contribution in [0.4, 0.5) is 18.9 Å². The van der Waals surface area contributed by atoms with Crippen LogP contribution in [0.1, 0.15) is 48.2 Å². The molecule has 28 heavy (non-hydrogen) atoms. The van der Waals surface area contributed by atoms with Crippen molar-refractivity contribution in [3.05, 3.63) is 35.0 Å². The molecule has 2 rings (SSSR count). The Labute approximate surface area is 161 Å². The number of amides is 1. The van der Waals surface area contributed by atoms with Crippen LogP contribution in [-0.4, -0.2) is 29.4 Å². The summed E-state index contributed by atoms with van der Waals surface area (Å²) < 4.78 is 51.5. The molecule has 0 atom stereocenters. The molecule has 0 bridgehead atoms. The minimum atomic E-state index is -4.51. The lowest BCUT2D eigenvalue weighted by Gasteiger charge is -2.16. The van der Waals surface area contributed by atoms with Crippen LogP contribution in [0.25, 0.3) is 0 Å². The molecule has 1 amide bonds. The smallest absolute Gasteiger partial charge is 0.416 e. The van der Waals surface area contributed by atoms with Gasteiger partial charge in [-0.2, -0.15) is 13.2 Å². The van der Waals surface area contributed by atoms with Gasteiger partial charge in [-0.15, -0.1) is 5.10 Å². The van der Waals surface area contributed by atoms with Crippen molar-refractivity contribution >= 4 is 11.6 Å². The Morgan fingerprint density at radius 1 is 1.25 bits per heavy atom. The summed E-state index contributed by atoms with van der Waals surface area (Å²) in [7, 11) is 1.25. The normalized spacial score (nSPS) is 11.4. The summed E-state index contributed by atoms with van der Waals surface area (Å²) in [6, 6.07) is 2.11. The standard InChI is InChI=1S/C19H24F3N3O3/c1-5-7-25-11-13(18(24-25)28-8-6-2)17(26)23-15-9-12(3)14(19(20,21)22)10-16(15)27-4/h9-11H,5-8H2,1-4H3,(H,23,26). The SMILES string of the molecule is CCCOc1nn(CCC)cc1C(=O)Nc1cc(C)c(C(F)(F)F)cc1OC. The number of hydrogen-bond donors (Lipinski definition) is 1. The maximum atomic E-state index is 13.1. The van der Waals surface area contributed by atoms with Gasteiger partial charge in [0.2, 0.25) is 5.88 Å². The molecule has 0 radical (unpaired) electrons. The molecule has 0 aliphatic carbocycles. The molecule has 1 aromatic heterocycles. The second-order valence-electron chi connectivity index (χ2n) is 6.28. The van der Waals surface area contributed by atoms with Gasteiger partial charge in [0.1, 0.15) is 11.3 Å². The summed E-state index contributed by atoms with van der Waals surface area (Å²) in [4.78, 5) is 12.8. The number of nitrogens with zero attached hydrogens (tertiary/aromatic N) is 2. The zero-order valence-corrected chi connectivity index (χ0v) is 16.3.